The van der Waals surface area contributed by atoms with Crippen molar-refractivity contribution in [1.82, 2.24) is 4.98 Å². The molecule has 70 valence electrons. The monoisotopic (exact) mass is 178 g/mol. The lowest BCUT2D eigenvalue weighted by molar-refractivity contribution is 0.112. The molecule has 1 unspecified atom stereocenters. The largest absolute Gasteiger partial charge is 0.324 e. The summed E-state index contributed by atoms with van der Waals surface area (Å²) in [4.78, 5) is 14.4. The highest BCUT2D eigenvalue weighted by atomic mass is 16.1. The zero-order valence-corrected chi connectivity index (χ0v) is 7.73. The van der Waals surface area contributed by atoms with E-state index >= 15 is 0 Å². The smallest absolute Gasteiger partial charge is 0.151 e. The van der Waals surface area contributed by atoms with Crippen LogP contribution in [0, 0.1) is 0 Å². The van der Waals surface area contributed by atoms with Crippen molar-refractivity contribution in [3.63, 3.8) is 0 Å². The van der Waals surface area contributed by atoms with Gasteiger partial charge in [-0.25, -0.2) is 0 Å². The summed E-state index contributed by atoms with van der Waals surface area (Å²) in [5.74, 6) is 0. The molecule has 1 rings (SSSR count). The molecule has 0 aromatic carbocycles. The van der Waals surface area contributed by atoms with Crippen LogP contribution in [-0.2, 0) is 0 Å². The number of pyridine rings is 1. The Kier molecular flexibility index (Phi) is 3.58. The van der Waals surface area contributed by atoms with Crippen LogP contribution in [0.4, 0.5) is 0 Å². The molecule has 3 heteroatoms. The van der Waals surface area contributed by atoms with E-state index in [0.717, 1.165) is 24.7 Å². The number of nitrogens with zero attached hydrogens (tertiary/aromatic N) is 1. The maximum absolute atomic E-state index is 10.5. The molecule has 0 fully saturated rings. The Morgan fingerprint density at radius 2 is 2.38 bits per heavy atom. The van der Waals surface area contributed by atoms with Crippen molar-refractivity contribution in [2.75, 3.05) is 0 Å². The number of aldehydes is 1. The van der Waals surface area contributed by atoms with Gasteiger partial charge in [-0.15, -0.1) is 0 Å². The maximum Gasteiger partial charge on any atom is 0.151 e. The van der Waals surface area contributed by atoms with Crippen molar-refractivity contribution < 1.29 is 4.79 Å². The molecule has 1 atom stereocenters. The van der Waals surface area contributed by atoms with Gasteiger partial charge in [0.2, 0.25) is 0 Å². The van der Waals surface area contributed by atoms with E-state index in [1.807, 2.05) is 0 Å². The molecule has 0 bridgehead atoms. The summed E-state index contributed by atoms with van der Waals surface area (Å²) in [6.07, 6.45) is 5.99. The molecule has 0 amide bonds. The van der Waals surface area contributed by atoms with Gasteiger partial charge >= 0.3 is 0 Å². The van der Waals surface area contributed by atoms with Gasteiger partial charge in [0.25, 0.3) is 0 Å². The lowest BCUT2D eigenvalue weighted by atomic mass is 10.0. The number of carbonyl (C=O) groups is 1. The van der Waals surface area contributed by atoms with Crippen LogP contribution < -0.4 is 5.73 Å². The van der Waals surface area contributed by atoms with E-state index < -0.39 is 0 Å². The van der Waals surface area contributed by atoms with E-state index in [2.05, 4.69) is 11.9 Å². The van der Waals surface area contributed by atoms with Gasteiger partial charge in [-0.05, 0) is 18.1 Å². The first-order valence-electron chi connectivity index (χ1n) is 4.43. The molecule has 0 aliphatic rings. The third-order valence-corrected chi connectivity index (χ3v) is 1.94. The predicted octanol–water partition coefficient (Wildman–Crippen LogP) is 1.69. The van der Waals surface area contributed by atoms with E-state index in [1.54, 1.807) is 12.3 Å². The SMILES string of the molecule is CCCC(N)c1cncc(C=O)c1. The zero-order chi connectivity index (χ0) is 9.68. The Hall–Kier alpha value is -1.22. The topological polar surface area (TPSA) is 56.0 Å². The number of hydrogen-bond donors (Lipinski definition) is 1. The predicted molar refractivity (Wildman–Crippen MR) is 51.5 cm³/mol. The first kappa shape index (κ1) is 9.86. The van der Waals surface area contributed by atoms with Crippen LogP contribution in [-0.4, -0.2) is 11.3 Å². The number of hydrogen-bond acceptors (Lipinski definition) is 3. The molecular formula is C10H14N2O. The number of nitrogens with two attached hydrogens (primary N) is 1. The number of aromatic nitrogens is 1. The minimum absolute atomic E-state index is 0.00241. The van der Waals surface area contributed by atoms with Crippen LogP contribution in [0.1, 0.15) is 41.7 Å². The molecule has 0 aliphatic carbocycles. The maximum atomic E-state index is 10.5. The van der Waals surface area contributed by atoms with Crippen LogP contribution in [0.3, 0.4) is 0 Å². The molecule has 3 nitrogen and oxygen atoms in total. The van der Waals surface area contributed by atoms with E-state index in [1.165, 1.54) is 6.20 Å². The first-order chi connectivity index (χ1) is 6.27. The second-order valence-corrected chi connectivity index (χ2v) is 3.06. The Balaban J connectivity index is 2.81. The quantitative estimate of drug-likeness (QED) is 0.714. The fraction of sp³-hybridized carbons (Fsp3) is 0.400. The summed E-state index contributed by atoms with van der Waals surface area (Å²) in [7, 11) is 0. The van der Waals surface area contributed by atoms with Gasteiger partial charge in [0.15, 0.2) is 6.29 Å². The Morgan fingerprint density at radius 1 is 1.62 bits per heavy atom. The standard InChI is InChI=1S/C10H14N2O/c1-2-3-10(11)9-4-8(7-13)5-12-6-9/h4-7,10H,2-3,11H2,1H3. The molecule has 0 aliphatic heterocycles. The second-order valence-electron chi connectivity index (χ2n) is 3.06. The normalized spacial score (nSPS) is 12.5. The molecule has 0 saturated heterocycles. The molecule has 0 spiro atoms. The van der Waals surface area contributed by atoms with Crippen LogP contribution in [0.2, 0.25) is 0 Å². The lowest BCUT2D eigenvalue weighted by Crippen LogP contribution is -2.10. The Labute approximate surface area is 78.0 Å². The summed E-state index contributed by atoms with van der Waals surface area (Å²) >= 11 is 0. The number of rotatable bonds is 4. The zero-order valence-electron chi connectivity index (χ0n) is 7.73. The van der Waals surface area contributed by atoms with Crippen molar-refractivity contribution in [2.45, 2.75) is 25.8 Å². The average Bonchev–Trinajstić information content (AvgIpc) is 2.18. The third kappa shape index (κ3) is 2.63. The van der Waals surface area contributed by atoms with Crippen LogP contribution in [0.15, 0.2) is 18.5 Å². The van der Waals surface area contributed by atoms with E-state index in [9.17, 15) is 4.79 Å². The molecule has 1 aromatic heterocycles. The first-order valence-corrected chi connectivity index (χ1v) is 4.43. The lowest BCUT2D eigenvalue weighted by Gasteiger charge is -2.09. The van der Waals surface area contributed by atoms with E-state index in [4.69, 9.17) is 5.73 Å². The van der Waals surface area contributed by atoms with Crippen molar-refractivity contribution in [3.05, 3.63) is 29.6 Å². The molecule has 1 heterocycles. The van der Waals surface area contributed by atoms with Gasteiger partial charge in [-0.3, -0.25) is 9.78 Å². The summed E-state index contributed by atoms with van der Waals surface area (Å²) in [5.41, 5.74) is 7.40. The fourth-order valence-electron chi connectivity index (χ4n) is 1.22. The summed E-state index contributed by atoms with van der Waals surface area (Å²) in [6, 6.07) is 1.79. The highest BCUT2D eigenvalue weighted by Crippen LogP contribution is 2.14. The van der Waals surface area contributed by atoms with Gasteiger partial charge < -0.3 is 5.73 Å². The van der Waals surface area contributed by atoms with Crippen LogP contribution in [0.5, 0.6) is 0 Å². The van der Waals surface area contributed by atoms with Gasteiger partial charge in [-0.2, -0.15) is 0 Å². The Morgan fingerprint density at radius 3 is 3.00 bits per heavy atom. The molecule has 0 saturated carbocycles. The van der Waals surface area contributed by atoms with Crippen molar-refractivity contribution in [2.24, 2.45) is 5.73 Å². The summed E-state index contributed by atoms with van der Waals surface area (Å²) < 4.78 is 0. The summed E-state index contributed by atoms with van der Waals surface area (Å²) in [5, 5.41) is 0. The fourth-order valence-corrected chi connectivity index (χ4v) is 1.22. The third-order valence-electron chi connectivity index (χ3n) is 1.94. The minimum atomic E-state index is -0.00241. The molecule has 13 heavy (non-hydrogen) atoms. The highest BCUT2D eigenvalue weighted by molar-refractivity contribution is 5.74. The average molecular weight is 178 g/mol. The molecule has 2 N–H and O–H groups in total. The Bertz CT molecular complexity index is 286. The van der Waals surface area contributed by atoms with Crippen molar-refractivity contribution >= 4 is 6.29 Å². The number of carbonyl (C=O) groups excluding carboxylic acids is 1. The summed E-state index contributed by atoms with van der Waals surface area (Å²) in [6.45, 7) is 2.08. The molecular weight excluding hydrogens is 164 g/mol. The van der Waals surface area contributed by atoms with Gasteiger partial charge in [0, 0.05) is 24.0 Å². The molecule has 0 radical (unpaired) electrons. The second kappa shape index (κ2) is 4.72. The van der Waals surface area contributed by atoms with Gasteiger partial charge in [0.05, 0.1) is 0 Å². The van der Waals surface area contributed by atoms with Crippen LogP contribution in [0.25, 0.3) is 0 Å². The van der Waals surface area contributed by atoms with Gasteiger partial charge in [-0.1, -0.05) is 13.3 Å². The minimum Gasteiger partial charge on any atom is -0.324 e. The van der Waals surface area contributed by atoms with E-state index in [-0.39, 0.29) is 6.04 Å². The van der Waals surface area contributed by atoms with Crippen LogP contribution >= 0.6 is 0 Å². The molecule has 1 aromatic rings. The van der Waals surface area contributed by atoms with E-state index in [0.29, 0.717) is 5.56 Å². The van der Waals surface area contributed by atoms with Crippen molar-refractivity contribution in [1.29, 1.82) is 0 Å². The van der Waals surface area contributed by atoms with Gasteiger partial charge in [0.1, 0.15) is 0 Å². The van der Waals surface area contributed by atoms with Crippen molar-refractivity contribution in [3.8, 4) is 0 Å². The highest BCUT2D eigenvalue weighted by Gasteiger charge is 2.05.